The summed E-state index contributed by atoms with van der Waals surface area (Å²) in [5.74, 6) is 0.167. The summed E-state index contributed by atoms with van der Waals surface area (Å²) in [5, 5.41) is 3.27. The Balaban J connectivity index is 1.45. The molecule has 0 bridgehead atoms. The van der Waals surface area contributed by atoms with Gasteiger partial charge in [0.1, 0.15) is 5.82 Å². The molecule has 4 rings (SSSR count). The van der Waals surface area contributed by atoms with Crippen molar-refractivity contribution in [1.82, 2.24) is 15.2 Å². The van der Waals surface area contributed by atoms with Crippen molar-refractivity contribution in [3.05, 3.63) is 65.7 Å². The van der Waals surface area contributed by atoms with Crippen LogP contribution in [0.1, 0.15) is 36.3 Å². The molecule has 2 saturated heterocycles. The first kappa shape index (κ1) is 16.2. The topological polar surface area (TPSA) is 45.2 Å². The first-order valence-electron chi connectivity index (χ1n) is 8.82. The Bertz CT molecular complexity index is 739. The molecule has 5 heteroatoms. The molecule has 130 valence electrons. The zero-order chi connectivity index (χ0) is 17.3. The molecule has 0 aliphatic carbocycles. The lowest BCUT2D eigenvalue weighted by Gasteiger charge is -2.43. The number of piperidine rings is 1. The Morgan fingerprint density at radius 3 is 2.48 bits per heavy atom. The van der Waals surface area contributed by atoms with Crippen molar-refractivity contribution in [1.29, 1.82) is 0 Å². The van der Waals surface area contributed by atoms with E-state index in [1.807, 2.05) is 24.3 Å². The smallest absolute Gasteiger partial charge is 0.221 e. The minimum Gasteiger partial charge on any atom is -0.350 e. The molecule has 1 spiro atoms. The summed E-state index contributed by atoms with van der Waals surface area (Å²) in [4.78, 5) is 18.6. The highest BCUT2D eigenvalue weighted by atomic mass is 19.1. The third kappa shape index (κ3) is 3.29. The summed E-state index contributed by atoms with van der Waals surface area (Å²) in [6.45, 7) is 2.68. The maximum atomic E-state index is 13.0. The van der Waals surface area contributed by atoms with E-state index in [1.165, 1.54) is 17.7 Å². The highest BCUT2D eigenvalue weighted by Gasteiger charge is 2.48. The van der Waals surface area contributed by atoms with Crippen LogP contribution in [0.5, 0.6) is 0 Å². The average Bonchev–Trinajstić information content (AvgIpc) is 2.96. The van der Waals surface area contributed by atoms with Crippen molar-refractivity contribution < 1.29 is 9.18 Å². The SMILES string of the molecule is O=C1C[C@@H](c2ccncc2)C2(CCN(Cc3ccc(F)cc3)CC2)N1. The molecule has 0 unspecified atom stereocenters. The highest BCUT2D eigenvalue weighted by Crippen LogP contribution is 2.43. The molecule has 2 aliphatic rings. The average molecular weight is 339 g/mol. The minimum absolute atomic E-state index is 0.141. The Morgan fingerprint density at radius 2 is 1.80 bits per heavy atom. The molecule has 1 N–H and O–H groups in total. The Labute approximate surface area is 147 Å². The van der Waals surface area contributed by atoms with Crippen LogP contribution in [0, 0.1) is 5.82 Å². The van der Waals surface area contributed by atoms with Crippen LogP contribution < -0.4 is 5.32 Å². The number of pyridine rings is 1. The maximum absolute atomic E-state index is 13.0. The largest absolute Gasteiger partial charge is 0.350 e. The predicted octanol–water partition coefficient (Wildman–Crippen LogP) is 2.86. The standard InChI is InChI=1S/C20H22FN3O/c21-17-3-1-15(2-4-17)14-24-11-7-20(8-12-24)18(13-19(25)23-20)16-5-9-22-10-6-16/h1-6,9-10,18H,7-8,11-14H2,(H,23,25)/t18-/m0/s1. The molecular weight excluding hydrogens is 317 g/mol. The Morgan fingerprint density at radius 1 is 1.12 bits per heavy atom. The normalized spacial score (nSPS) is 22.9. The zero-order valence-electron chi connectivity index (χ0n) is 14.1. The number of halogens is 1. The van der Waals surface area contributed by atoms with Crippen LogP contribution in [0.25, 0.3) is 0 Å². The van der Waals surface area contributed by atoms with Gasteiger partial charge in [-0.15, -0.1) is 0 Å². The summed E-state index contributed by atoms with van der Waals surface area (Å²) in [7, 11) is 0. The van der Waals surface area contributed by atoms with Crippen molar-refractivity contribution in [3.8, 4) is 0 Å². The number of rotatable bonds is 3. The second-order valence-electron chi connectivity index (χ2n) is 7.14. The molecule has 0 saturated carbocycles. The second kappa shape index (κ2) is 6.56. The number of nitrogens with zero attached hydrogens (tertiary/aromatic N) is 2. The molecule has 25 heavy (non-hydrogen) atoms. The van der Waals surface area contributed by atoms with Crippen LogP contribution in [0.4, 0.5) is 4.39 Å². The lowest BCUT2D eigenvalue weighted by atomic mass is 9.74. The van der Waals surface area contributed by atoms with Crippen LogP contribution in [0.2, 0.25) is 0 Å². The molecule has 2 fully saturated rings. The number of hydrogen-bond acceptors (Lipinski definition) is 3. The fourth-order valence-electron chi connectivity index (χ4n) is 4.26. The van der Waals surface area contributed by atoms with Crippen LogP contribution in [0.15, 0.2) is 48.8 Å². The first-order chi connectivity index (χ1) is 12.1. The Kier molecular flexibility index (Phi) is 4.25. The quantitative estimate of drug-likeness (QED) is 0.935. The van der Waals surface area contributed by atoms with Crippen LogP contribution in [-0.2, 0) is 11.3 Å². The maximum Gasteiger partial charge on any atom is 0.221 e. The number of nitrogens with one attached hydrogen (secondary N) is 1. The molecule has 4 nitrogen and oxygen atoms in total. The van der Waals surface area contributed by atoms with E-state index in [2.05, 4.69) is 15.2 Å². The number of carbonyl (C=O) groups is 1. The van der Waals surface area contributed by atoms with E-state index in [9.17, 15) is 9.18 Å². The summed E-state index contributed by atoms with van der Waals surface area (Å²) >= 11 is 0. The molecule has 0 radical (unpaired) electrons. The Hall–Kier alpha value is -2.27. The van der Waals surface area contributed by atoms with E-state index < -0.39 is 0 Å². The fraction of sp³-hybridized carbons (Fsp3) is 0.400. The van der Waals surface area contributed by atoms with Gasteiger partial charge in [0.2, 0.25) is 5.91 Å². The fourth-order valence-corrected chi connectivity index (χ4v) is 4.26. The van der Waals surface area contributed by atoms with Gasteiger partial charge in [0.15, 0.2) is 0 Å². The van der Waals surface area contributed by atoms with Gasteiger partial charge in [-0.05, 0) is 48.2 Å². The van der Waals surface area contributed by atoms with Crippen molar-refractivity contribution in [2.75, 3.05) is 13.1 Å². The zero-order valence-corrected chi connectivity index (χ0v) is 14.1. The van der Waals surface area contributed by atoms with Gasteiger partial charge >= 0.3 is 0 Å². The summed E-state index contributed by atoms with van der Waals surface area (Å²) in [5.41, 5.74) is 2.18. The minimum atomic E-state index is -0.199. The third-order valence-corrected chi connectivity index (χ3v) is 5.62. The van der Waals surface area contributed by atoms with E-state index in [0.717, 1.165) is 38.0 Å². The highest BCUT2D eigenvalue weighted by molar-refractivity contribution is 5.81. The monoisotopic (exact) mass is 339 g/mol. The summed E-state index contributed by atoms with van der Waals surface area (Å²) in [6.07, 6.45) is 6.03. The predicted molar refractivity (Wildman–Crippen MR) is 93.4 cm³/mol. The second-order valence-corrected chi connectivity index (χ2v) is 7.14. The van der Waals surface area contributed by atoms with Gasteiger partial charge in [0.05, 0.1) is 0 Å². The van der Waals surface area contributed by atoms with E-state index in [-0.39, 0.29) is 23.2 Å². The van der Waals surface area contributed by atoms with Crippen molar-refractivity contribution in [2.24, 2.45) is 0 Å². The third-order valence-electron chi connectivity index (χ3n) is 5.62. The lowest BCUT2D eigenvalue weighted by molar-refractivity contribution is -0.120. The molecule has 3 heterocycles. The van der Waals surface area contributed by atoms with Crippen LogP contribution >= 0.6 is 0 Å². The number of benzene rings is 1. The number of likely N-dealkylation sites (tertiary alicyclic amines) is 1. The number of amides is 1. The van der Waals surface area contributed by atoms with Gasteiger partial charge in [0.25, 0.3) is 0 Å². The summed E-state index contributed by atoms with van der Waals surface area (Å²) < 4.78 is 13.0. The van der Waals surface area contributed by atoms with E-state index in [1.54, 1.807) is 12.4 Å². The molecule has 2 aliphatic heterocycles. The van der Waals surface area contributed by atoms with Crippen LogP contribution in [-0.4, -0.2) is 34.4 Å². The number of aromatic nitrogens is 1. The molecule has 1 atom stereocenters. The molecule has 1 amide bonds. The van der Waals surface area contributed by atoms with Crippen molar-refractivity contribution in [3.63, 3.8) is 0 Å². The molecule has 2 aromatic rings. The van der Waals surface area contributed by atoms with Gasteiger partial charge in [-0.1, -0.05) is 12.1 Å². The molecular formula is C20H22FN3O. The number of carbonyl (C=O) groups excluding carboxylic acids is 1. The van der Waals surface area contributed by atoms with E-state index in [4.69, 9.17) is 0 Å². The van der Waals surface area contributed by atoms with Gasteiger partial charge < -0.3 is 5.32 Å². The van der Waals surface area contributed by atoms with Gasteiger partial charge in [-0.25, -0.2) is 4.39 Å². The van der Waals surface area contributed by atoms with E-state index >= 15 is 0 Å². The number of hydrogen-bond donors (Lipinski definition) is 1. The summed E-state index contributed by atoms with van der Waals surface area (Å²) in [6, 6.07) is 10.8. The van der Waals surface area contributed by atoms with Crippen molar-refractivity contribution in [2.45, 2.75) is 37.3 Å². The van der Waals surface area contributed by atoms with Gasteiger partial charge in [-0.2, -0.15) is 0 Å². The molecule has 1 aromatic carbocycles. The van der Waals surface area contributed by atoms with E-state index in [0.29, 0.717) is 6.42 Å². The lowest BCUT2D eigenvalue weighted by Crippen LogP contribution is -2.53. The van der Waals surface area contributed by atoms with Gasteiger partial charge in [-0.3, -0.25) is 14.7 Å². The van der Waals surface area contributed by atoms with Crippen molar-refractivity contribution >= 4 is 5.91 Å². The van der Waals surface area contributed by atoms with Gasteiger partial charge in [0, 0.05) is 49.9 Å². The first-order valence-corrected chi connectivity index (χ1v) is 8.82. The molecule has 1 aromatic heterocycles. The van der Waals surface area contributed by atoms with Crippen LogP contribution in [0.3, 0.4) is 0 Å².